The molecule has 0 atom stereocenters. The molecule has 0 fully saturated rings. The fraction of sp³-hybridized carbons (Fsp3) is 0.214. The lowest BCUT2D eigenvalue weighted by molar-refractivity contribution is 0.0960. The summed E-state index contributed by atoms with van der Waals surface area (Å²) in [5, 5.41) is 0.201. The Morgan fingerprint density at radius 3 is 2.74 bits per heavy atom. The summed E-state index contributed by atoms with van der Waals surface area (Å²) >= 11 is 5.70. The molecule has 0 aliphatic heterocycles. The Morgan fingerprint density at radius 2 is 2.16 bits per heavy atom. The monoisotopic (exact) mass is 278 g/mol. The van der Waals surface area contributed by atoms with Crippen molar-refractivity contribution in [3.8, 4) is 0 Å². The Kier molecular flexibility index (Phi) is 4.12. The molecule has 4 nitrogen and oxygen atoms in total. The third-order valence-corrected chi connectivity index (χ3v) is 2.86. The number of nitrogens with two attached hydrogens (primary N) is 1. The van der Waals surface area contributed by atoms with Crippen molar-refractivity contribution in [1.82, 2.24) is 0 Å². The van der Waals surface area contributed by atoms with Gasteiger partial charge in [0, 0.05) is 17.9 Å². The molecule has 0 spiro atoms. The number of nitrogens with zero attached hydrogens (tertiary/aromatic N) is 1. The molecule has 0 saturated carbocycles. The molecule has 2 rings (SSSR count). The zero-order chi connectivity index (χ0) is 13.8. The molecule has 1 aromatic carbocycles. The number of rotatable bonds is 4. The highest BCUT2D eigenvalue weighted by Crippen LogP contribution is 2.22. The number of nitrogen functional groups attached to an aromatic ring is 1. The minimum absolute atomic E-state index is 0.201. The minimum Gasteiger partial charge on any atom is -0.440 e. The van der Waals surface area contributed by atoms with E-state index in [0.717, 1.165) is 12.1 Å². The molecule has 0 saturated heterocycles. The lowest BCUT2D eigenvalue weighted by Crippen LogP contribution is -2.31. The third-order valence-electron chi connectivity index (χ3n) is 2.66. The zero-order valence-electron chi connectivity index (χ0n) is 10.6. The molecule has 0 bridgehead atoms. The molecule has 0 aliphatic rings. The van der Waals surface area contributed by atoms with Crippen LogP contribution in [0, 0.1) is 0 Å². The van der Waals surface area contributed by atoms with Crippen molar-refractivity contribution in [2.45, 2.75) is 13.3 Å². The number of halogens is 1. The van der Waals surface area contributed by atoms with Crippen molar-refractivity contribution in [2.24, 2.45) is 0 Å². The van der Waals surface area contributed by atoms with Crippen molar-refractivity contribution < 1.29 is 9.21 Å². The van der Waals surface area contributed by atoms with Crippen LogP contribution in [0.1, 0.15) is 23.9 Å². The molecule has 1 amide bonds. The van der Waals surface area contributed by atoms with Crippen LogP contribution in [0.5, 0.6) is 0 Å². The quantitative estimate of drug-likeness (QED) is 0.870. The highest BCUT2D eigenvalue weighted by atomic mass is 35.5. The maximum atomic E-state index is 12.4. The van der Waals surface area contributed by atoms with E-state index in [9.17, 15) is 4.79 Å². The third kappa shape index (κ3) is 3.09. The predicted octanol–water partition coefficient (Wildman–Crippen LogP) is 3.57. The Balaban J connectivity index is 2.32. The highest BCUT2D eigenvalue weighted by molar-refractivity contribution is 6.29. The van der Waals surface area contributed by atoms with Gasteiger partial charge in [0.05, 0.1) is 0 Å². The number of carbonyl (C=O) groups is 1. The van der Waals surface area contributed by atoms with Gasteiger partial charge in [-0.05, 0) is 48.4 Å². The second-order valence-electron chi connectivity index (χ2n) is 4.16. The van der Waals surface area contributed by atoms with Crippen LogP contribution in [0.2, 0.25) is 5.22 Å². The molecule has 1 aromatic heterocycles. The summed E-state index contributed by atoms with van der Waals surface area (Å²) in [5.74, 6) is 0.000208. The SMILES string of the molecule is CCCN(C(=O)c1ccc(Cl)o1)c1cccc(N)c1. The molecule has 100 valence electrons. The Labute approximate surface area is 116 Å². The topological polar surface area (TPSA) is 59.5 Å². The van der Waals surface area contributed by atoms with Gasteiger partial charge in [0.2, 0.25) is 0 Å². The average molecular weight is 279 g/mol. The van der Waals surface area contributed by atoms with Gasteiger partial charge in [-0.3, -0.25) is 4.79 Å². The van der Waals surface area contributed by atoms with Crippen molar-refractivity contribution in [2.75, 3.05) is 17.2 Å². The van der Waals surface area contributed by atoms with Gasteiger partial charge in [-0.1, -0.05) is 13.0 Å². The Morgan fingerprint density at radius 1 is 1.37 bits per heavy atom. The summed E-state index contributed by atoms with van der Waals surface area (Å²) in [6, 6.07) is 10.3. The smallest absolute Gasteiger partial charge is 0.294 e. The Bertz CT molecular complexity index is 580. The van der Waals surface area contributed by atoms with Crippen LogP contribution in [0.4, 0.5) is 11.4 Å². The van der Waals surface area contributed by atoms with Crippen molar-refractivity contribution >= 4 is 28.9 Å². The second kappa shape index (κ2) is 5.80. The largest absolute Gasteiger partial charge is 0.440 e. The first-order chi connectivity index (χ1) is 9.11. The lowest BCUT2D eigenvalue weighted by atomic mass is 10.2. The van der Waals surface area contributed by atoms with Crippen LogP contribution in [0.3, 0.4) is 0 Å². The zero-order valence-corrected chi connectivity index (χ0v) is 11.4. The summed E-state index contributed by atoms with van der Waals surface area (Å²) < 4.78 is 5.17. The minimum atomic E-state index is -0.223. The molecular weight excluding hydrogens is 264 g/mol. The predicted molar refractivity (Wildman–Crippen MR) is 76.5 cm³/mol. The molecule has 2 N–H and O–H groups in total. The van der Waals surface area contributed by atoms with E-state index in [1.165, 1.54) is 0 Å². The van der Waals surface area contributed by atoms with Crippen LogP contribution >= 0.6 is 11.6 Å². The standard InChI is InChI=1S/C14H15ClN2O2/c1-2-8-17(11-5-3-4-10(16)9-11)14(18)12-6-7-13(15)19-12/h3-7,9H,2,8,16H2,1H3. The molecular formula is C14H15ClN2O2. The van der Waals surface area contributed by atoms with E-state index in [4.69, 9.17) is 21.8 Å². The summed E-state index contributed by atoms with van der Waals surface area (Å²) in [5.41, 5.74) is 7.12. The molecule has 0 radical (unpaired) electrons. The lowest BCUT2D eigenvalue weighted by Gasteiger charge is -2.21. The second-order valence-corrected chi connectivity index (χ2v) is 4.53. The number of hydrogen-bond donors (Lipinski definition) is 1. The van der Waals surface area contributed by atoms with Crippen molar-refractivity contribution in [1.29, 1.82) is 0 Å². The molecule has 0 unspecified atom stereocenters. The fourth-order valence-electron chi connectivity index (χ4n) is 1.83. The summed E-state index contributed by atoms with van der Waals surface area (Å²) in [7, 11) is 0. The van der Waals surface area contributed by atoms with Gasteiger partial charge in [0.15, 0.2) is 11.0 Å². The number of hydrogen-bond acceptors (Lipinski definition) is 3. The first-order valence-electron chi connectivity index (χ1n) is 6.04. The summed E-state index contributed by atoms with van der Waals surface area (Å²) in [6.45, 7) is 2.59. The van der Waals surface area contributed by atoms with E-state index < -0.39 is 0 Å². The van der Waals surface area contributed by atoms with Crippen LogP contribution in [-0.2, 0) is 0 Å². The Hall–Kier alpha value is -1.94. The molecule has 0 aliphatic carbocycles. The van der Waals surface area contributed by atoms with E-state index in [2.05, 4.69) is 0 Å². The van der Waals surface area contributed by atoms with Gasteiger partial charge in [-0.2, -0.15) is 0 Å². The van der Waals surface area contributed by atoms with Crippen LogP contribution in [-0.4, -0.2) is 12.5 Å². The van der Waals surface area contributed by atoms with Crippen LogP contribution < -0.4 is 10.6 Å². The fourth-order valence-corrected chi connectivity index (χ4v) is 1.97. The van der Waals surface area contributed by atoms with E-state index in [1.54, 1.807) is 29.2 Å². The van der Waals surface area contributed by atoms with E-state index in [1.807, 2.05) is 19.1 Å². The molecule has 2 aromatic rings. The number of benzene rings is 1. The van der Waals surface area contributed by atoms with Gasteiger partial charge in [0.1, 0.15) is 0 Å². The summed E-state index contributed by atoms with van der Waals surface area (Å²) in [6.07, 6.45) is 0.828. The number of carbonyl (C=O) groups excluding carboxylic acids is 1. The highest BCUT2D eigenvalue weighted by Gasteiger charge is 2.20. The normalized spacial score (nSPS) is 10.4. The van der Waals surface area contributed by atoms with Crippen LogP contribution in [0.25, 0.3) is 0 Å². The van der Waals surface area contributed by atoms with Crippen molar-refractivity contribution in [3.63, 3.8) is 0 Å². The van der Waals surface area contributed by atoms with E-state index in [0.29, 0.717) is 12.2 Å². The van der Waals surface area contributed by atoms with Gasteiger partial charge < -0.3 is 15.1 Å². The first kappa shape index (κ1) is 13.5. The van der Waals surface area contributed by atoms with Crippen LogP contribution in [0.15, 0.2) is 40.8 Å². The average Bonchev–Trinajstić information content (AvgIpc) is 2.82. The van der Waals surface area contributed by atoms with Gasteiger partial charge in [-0.25, -0.2) is 0 Å². The van der Waals surface area contributed by atoms with Gasteiger partial charge >= 0.3 is 0 Å². The molecule has 5 heteroatoms. The maximum Gasteiger partial charge on any atom is 0.294 e. The molecule has 1 heterocycles. The molecule has 19 heavy (non-hydrogen) atoms. The van der Waals surface area contributed by atoms with Gasteiger partial charge in [0.25, 0.3) is 5.91 Å². The van der Waals surface area contributed by atoms with Crippen molar-refractivity contribution in [3.05, 3.63) is 47.4 Å². The summed E-state index contributed by atoms with van der Waals surface area (Å²) in [4.78, 5) is 14.0. The van der Waals surface area contributed by atoms with E-state index in [-0.39, 0.29) is 16.9 Å². The number of amides is 1. The number of anilines is 2. The maximum absolute atomic E-state index is 12.4. The van der Waals surface area contributed by atoms with Gasteiger partial charge in [-0.15, -0.1) is 0 Å². The number of furan rings is 1. The first-order valence-corrected chi connectivity index (χ1v) is 6.42. The van der Waals surface area contributed by atoms with E-state index >= 15 is 0 Å².